The smallest absolute Gasteiger partial charge is 0.239 e. The summed E-state index contributed by atoms with van der Waals surface area (Å²) in [6, 6.07) is 14.9. The number of aromatic nitrogens is 1. The Morgan fingerprint density at radius 1 is 0.966 bits per heavy atom. The van der Waals surface area contributed by atoms with Crippen molar-refractivity contribution in [1.82, 2.24) is 9.88 Å². The van der Waals surface area contributed by atoms with Gasteiger partial charge in [0.25, 0.3) is 0 Å². The third-order valence-corrected chi connectivity index (χ3v) is 5.73. The number of para-hydroxylation sites is 2. The van der Waals surface area contributed by atoms with Gasteiger partial charge in [0, 0.05) is 23.9 Å². The SMILES string of the molecule is O=C(Cn1c2ccccc2c(=O)c2ccccc21)NCCCOC1CCCCC1. The predicted molar refractivity (Wildman–Crippen MR) is 116 cm³/mol. The van der Waals surface area contributed by atoms with Gasteiger partial charge in [-0.2, -0.15) is 0 Å². The highest BCUT2D eigenvalue weighted by Gasteiger charge is 2.14. The predicted octanol–water partition coefficient (Wildman–Crippen LogP) is 4.01. The molecule has 1 heterocycles. The number of pyridine rings is 1. The number of rotatable bonds is 7. The molecule has 0 aliphatic heterocycles. The standard InChI is InChI=1S/C24H28N2O3/c27-23(25-15-8-16-29-18-9-2-1-3-10-18)17-26-21-13-6-4-11-19(21)24(28)20-12-5-7-14-22(20)26/h4-7,11-14,18H,1-3,8-10,15-17H2,(H,25,27). The van der Waals surface area contributed by atoms with Gasteiger partial charge in [-0.3, -0.25) is 9.59 Å². The molecule has 0 spiro atoms. The highest BCUT2D eigenvalue weighted by atomic mass is 16.5. The highest BCUT2D eigenvalue weighted by molar-refractivity contribution is 5.94. The molecular formula is C24H28N2O3. The molecule has 1 aliphatic rings. The van der Waals surface area contributed by atoms with E-state index < -0.39 is 0 Å². The van der Waals surface area contributed by atoms with Gasteiger partial charge in [-0.05, 0) is 43.5 Å². The van der Waals surface area contributed by atoms with Gasteiger partial charge in [0.2, 0.25) is 5.91 Å². The summed E-state index contributed by atoms with van der Waals surface area (Å²) in [6.07, 6.45) is 7.40. The maximum absolute atomic E-state index is 12.8. The van der Waals surface area contributed by atoms with Crippen molar-refractivity contribution in [1.29, 1.82) is 0 Å². The maximum atomic E-state index is 12.8. The van der Waals surface area contributed by atoms with Crippen LogP contribution >= 0.6 is 0 Å². The lowest BCUT2D eigenvalue weighted by molar-refractivity contribution is -0.121. The fraction of sp³-hybridized carbons (Fsp3) is 0.417. The average Bonchev–Trinajstić information content (AvgIpc) is 2.77. The van der Waals surface area contributed by atoms with Crippen LogP contribution in [0.1, 0.15) is 38.5 Å². The Hall–Kier alpha value is -2.66. The summed E-state index contributed by atoms with van der Waals surface area (Å²) in [6.45, 7) is 1.47. The third kappa shape index (κ3) is 4.51. The molecule has 1 amide bonds. The van der Waals surface area contributed by atoms with E-state index in [4.69, 9.17) is 4.74 Å². The van der Waals surface area contributed by atoms with Crippen molar-refractivity contribution in [3.05, 3.63) is 58.8 Å². The van der Waals surface area contributed by atoms with Crippen molar-refractivity contribution in [3.8, 4) is 0 Å². The summed E-state index contributed by atoms with van der Waals surface area (Å²) >= 11 is 0. The lowest BCUT2D eigenvalue weighted by Crippen LogP contribution is -2.30. The molecule has 2 aromatic carbocycles. The lowest BCUT2D eigenvalue weighted by Gasteiger charge is -2.22. The molecule has 1 N–H and O–H groups in total. The first-order valence-corrected chi connectivity index (χ1v) is 10.6. The number of nitrogens with one attached hydrogen (secondary N) is 1. The molecule has 0 unspecified atom stereocenters. The molecule has 1 aliphatic carbocycles. The van der Waals surface area contributed by atoms with Crippen molar-refractivity contribution >= 4 is 27.7 Å². The van der Waals surface area contributed by atoms with E-state index in [0.29, 0.717) is 30.0 Å². The quantitative estimate of drug-likeness (QED) is 0.488. The summed E-state index contributed by atoms with van der Waals surface area (Å²) in [5.41, 5.74) is 1.58. The molecule has 5 heteroatoms. The third-order valence-electron chi connectivity index (χ3n) is 5.73. The Balaban J connectivity index is 1.41. The number of hydrogen-bond donors (Lipinski definition) is 1. The Bertz CT molecular complexity index is 991. The van der Waals surface area contributed by atoms with Crippen LogP contribution in [-0.4, -0.2) is 29.7 Å². The van der Waals surface area contributed by atoms with Gasteiger partial charge in [-0.1, -0.05) is 43.5 Å². The van der Waals surface area contributed by atoms with Crippen LogP contribution in [0.25, 0.3) is 21.8 Å². The van der Waals surface area contributed by atoms with Crippen molar-refractivity contribution < 1.29 is 9.53 Å². The van der Waals surface area contributed by atoms with Gasteiger partial charge in [0.1, 0.15) is 6.54 Å². The van der Waals surface area contributed by atoms with Gasteiger partial charge in [-0.15, -0.1) is 0 Å². The zero-order chi connectivity index (χ0) is 20.1. The van der Waals surface area contributed by atoms with Crippen LogP contribution in [0.4, 0.5) is 0 Å². The Labute approximate surface area is 170 Å². The lowest BCUT2D eigenvalue weighted by atomic mass is 9.98. The second kappa shape index (κ2) is 9.23. The molecule has 0 bridgehead atoms. The topological polar surface area (TPSA) is 60.3 Å². The molecular weight excluding hydrogens is 364 g/mol. The van der Waals surface area contributed by atoms with E-state index in [0.717, 1.165) is 17.5 Å². The first kappa shape index (κ1) is 19.6. The second-order valence-electron chi connectivity index (χ2n) is 7.78. The summed E-state index contributed by atoms with van der Waals surface area (Å²) < 4.78 is 7.85. The Morgan fingerprint density at radius 2 is 1.59 bits per heavy atom. The van der Waals surface area contributed by atoms with Crippen LogP contribution in [0, 0.1) is 0 Å². The molecule has 5 nitrogen and oxygen atoms in total. The van der Waals surface area contributed by atoms with Crippen LogP contribution in [0.3, 0.4) is 0 Å². The minimum absolute atomic E-state index is 0.00715. The van der Waals surface area contributed by atoms with Gasteiger partial charge >= 0.3 is 0 Å². The fourth-order valence-corrected chi connectivity index (χ4v) is 4.23. The first-order chi connectivity index (χ1) is 14.2. The average molecular weight is 392 g/mol. The van der Waals surface area contributed by atoms with Crippen molar-refractivity contribution in [2.45, 2.75) is 51.2 Å². The summed E-state index contributed by atoms with van der Waals surface area (Å²) in [4.78, 5) is 25.4. The first-order valence-electron chi connectivity index (χ1n) is 10.6. The molecule has 1 fully saturated rings. The number of carbonyl (C=O) groups is 1. The van der Waals surface area contributed by atoms with Gasteiger partial charge in [0.05, 0.1) is 17.1 Å². The van der Waals surface area contributed by atoms with Gasteiger partial charge in [0.15, 0.2) is 5.43 Å². The summed E-state index contributed by atoms with van der Waals surface area (Å²) in [7, 11) is 0. The number of carbonyl (C=O) groups excluding carboxylic acids is 1. The number of fused-ring (bicyclic) bond motifs is 2. The number of ether oxygens (including phenoxy) is 1. The Kier molecular flexibility index (Phi) is 6.25. The zero-order valence-corrected chi connectivity index (χ0v) is 16.7. The van der Waals surface area contributed by atoms with E-state index >= 15 is 0 Å². The number of hydrogen-bond acceptors (Lipinski definition) is 3. The molecule has 3 aromatic rings. The highest BCUT2D eigenvalue weighted by Crippen LogP contribution is 2.20. The van der Waals surface area contributed by atoms with Crippen LogP contribution in [-0.2, 0) is 16.1 Å². The molecule has 1 saturated carbocycles. The van der Waals surface area contributed by atoms with E-state index in [1.165, 1.54) is 32.1 Å². The summed E-state index contributed by atoms with van der Waals surface area (Å²) in [5, 5.41) is 4.27. The van der Waals surface area contributed by atoms with Gasteiger partial charge < -0.3 is 14.6 Å². The van der Waals surface area contributed by atoms with Gasteiger partial charge in [-0.25, -0.2) is 0 Å². The van der Waals surface area contributed by atoms with Crippen LogP contribution in [0.5, 0.6) is 0 Å². The fourth-order valence-electron chi connectivity index (χ4n) is 4.23. The molecule has 0 atom stereocenters. The van der Waals surface area contributed by atoms with E-state index in [-0.39, 0.29) is 17.9 Å². The molecule has 152 valence electrons. The molecule has 0 saturated heterocycles. The Morgan fingerprint density at radius 3 is 2.24 bits per heavy atom. The van der Waals surface area contributed by atoms with Crippen LogP contribution in [0.15, 0.2) is 53.3 Å². The van der Waals surface area contributed by atoms with E-state index in [1.807, 2.05) is 53.1 Å². The molecule has 29 heavy (non-hydrogen) atoms. The van der Waals surface area contributed by atoms with Crippen molar-refractivity contribution in [2.75, 3.05) is 13.2 Å². The molecule has 0 radical (unpaired) electrons. The minimum Gasteiger partial charge on any atom is -0.378 e. The molecule has 1 aromatic heterocycles. The second-order valence-corrected chi connectivity index (χ2v) is 7.78. The van der Waals surface area contributed by atoms with E-state index in [9.17, 15) is 9.59 Å². The largest absolute Gasteiger partial charge is 0.378 e. The van der Waals surface area contributed by atoms with Crippen LogP contribution < -0.4 is 10.7 Å². The minimum atomic E-state index is -0.0541. The van der Waals surface area contributed by atoms with E-state index in [2.05, 4.69) is 5.32 Å². The summed E-state index contributed by atoms with van der Waals surface area (Å²) in [5.74, 6) is -0.0541. The monoisotopic (exact) mass is 392 g/mol. The number of benzene rings is 2. The molecule has 4 rings (SSSR count). The number of amides is 1. The zero-order valence-electron chi connectivity index (χ0n) is 16.7. The maximum Gasteiger partial charge on any atom is 0.239 e. The number of nitrogens with zero attached hydrogens (tertiary/aromatic N) is 1. The van der Waals surface area contributed by atoms with Crippen molar-refractivity contribution in [2.24, 2.45) is 0 Å². The van der Waals surface area contributed by atoms with Crippen molar-refractivity contribution in [3.63, 3.8) is 0 Å². The van der Waals surface area contributed by atoms with E-state index in [1.54, 1.807) is 0 Å². The van der Waals surface area contributed by atoms with Crippen LogP contribution in [0.2, 0.25) is 0 Å². The normalized spacial score (nSPS) is 15.0.